The Morgan fingerprint density at radius 3 is 2.47 bits per heavy atom. The zero-order chi connectivity index (χ0) is 11.8. The first-order chi connectivity index (χ1) is 6.75. The highest BCUT2D eigenvalue weighted by Gasteiger charge is 2.21. The minimum absolute atomic E-state index is 0.0424. The highest BCUT2D eigenvalue weighted by atomic mass is 79.9. The van der Waals surface area contributed by atoms with Crippen molar-refractivity contribution in [3.05, 3.63) is 21.9 Å². The largest absolute Gasteiger partial charge is 0.281 e. The molecule has 0 spiro atoms. The van der Waals surface area contributed by atoms with Crippen LogP contribution in [0.25, 0.3) is 0 Å². The summed E-state index contributed by atoms with van der Waals surface area (Å²) in [6, 6.07) is 0. The molecule has 0 radical (unpaired) electrons. The van der Waals surface area contributed by atoms with E-state index in [9.17, 15) is 17.2 Å². The number of halogens is 4. The third-order valence-electron chi connectivity index (χ3n) is 1.71. The average Bonchev–Trinajstić information content (AvgIpc) is 2.06. The molecular formula is C7H5BrClF2NO2S. The summed E-state index contributed by atoms with van der Waals surface area (Å²) in [5, 5.41) is 0. The summed E-state index contributed by atoms with van der Waals surface area (Å²) in [6.45, 7) is 1.37. The summed E-state index contributed by atoms with van der Waals surface area (Å²) in [5.74, 6) is 0. The Morgan fingerprint density at radius 1 is 1.53 bits per heavy atom. The Hall–Kier alpha value is -0.270. The summed E-state index contributed by atoms with van der Waals surface area (Å²) in [7, 11) is 1.13. The van der Waals surface area contributed by atoms with Crippen molar-refractivity contribution in [2.75, 3.05) is 0 Å². The first-order valence-corrected chi connectivity index (χ1v) is 6.73. The van der Waals surface area contributed by atoms with Gasteiger partial charge in [0.25, 0.3) is 15.5 Å². The molecule has 0 atom stereocenters. The summed E-state index contributed by atoms with van der Waals surface area (Å²) in [6.07, 6.45) is -1.95. The molecule has 0 amide bonds. The standard InChI is InChI=1S/C7H5BrClF2NO2S/c1-3-4(15(9,13)14)2-12-6(5(3)8)7(10)11/h2,7H,1H3. The SMILES string of the molecule is Cc1c(S(=O)(=O)Cl)cnc(C(F)F)c1Br. The van der Waals surface area contributed by atoms with E-state index in [1.165, 1.54) is 6.92 Å². The average molecular weight is 321 g/mol. The lowest BCUT2D eigenvalue weighted by Gasteiger charge is -2.08. The molecule has 0 N–H and O–H groups in total. The smallest absolute Gasteiger partial charge is 0.253 e. The number of rotatable bonds is 2. The molecule has 0 aliphatic heterocycles. The number of hydrogen-bond acceptors (Lipinski definition) is 3. The second-order valence-corrected chi connectivity index (χ2v) is 6.01. The Morgan fingerprint density at radius 2 is 2.07 bits per heavy atom. The molecule has 84 valence electrons. The molecule has 0 aromatic carbocycles. The molecule has 1 aromatic rings. The van der Waals surface area contributed by atoms with Crippen molar-refractivity contribution in [3.63, 3.8) is 0 Å². The molecule has 3 nitrogen and oxygen atoms in total. The predicted molar refractivity (Wildman–Crippen MR) is 54.7 cm³/mol. The number of alkyl halides is 2. The van der Waals surface area contributed by atoms with Gasteiger partial charge in [-0.3, -0.25) is 4.98 Å². The van der Waals surface area contributed by atoms with E-state index < -0.39 is 21.2 Å². The highest BCUT2D eigenvalue weighted by molar-refractivity contribution is 9.10. The van der Waals surface area contributed by atoms with Gasteiger partial charge in [-0.25, -0.2) is 17.2 Å². The lowest BCUT2D eigenvalue weighted by molar-refractivity contribution is 0.145. The molecule has 1 rings (SSSR count). The second-order valence-electron chi connectivity index (χ2n) is 2.69. The van der Waals surface area contributed by atoms with Crippen LogP contribution in [0.3, 0.4) is 0 Å². The summed E-state index contributed by atoms with van der Waals surface area (Å²) in [5.41, 5.74) is -0.383. The Labute approximate surface area is 98.0 Å². The molecule has 1 heterocycles. The topological polar surface area (TPSA) is 47.0 Å². The predicted octanol–water partition coefficient (Wildman–Crippen LogP) is 3.02. The van der Waals surface area contributed by atoms with Gasteiger partial charge in [0.05, 0.1) is 0 Å². The first kappa shape index (κ1) is 12.8. The van der Waals surface area contributed by atoms with Gasteiger partial charge in [-0.1, -0.05) is 0 Å². The van der Waals surface area contributed by atoms with Crippen molar-refractivity contribution < 1.29 is 17.2 Å². The second kappa shape index (κ2) is 4.31. The minimum Gasteiger partial charge on any atom is -0.253 e. The van der Waals surface area contributed by atoms with Gasteiger partial charge in [-0.15, -0.1) is 0 Å². The maximum Gasteiger partial charge on any atom is 0.281 e. The van der Waals surface area contributed by atoms with E-state index in [1.54, 1.807) is 0 Å². The van der Waals surface area contributed by atoms with Gasteiger partial charge in [0.15, 0.2) is 0 Å². The van der Waals surface area contributed by atoms with E-state index in [0.717, 1.165) is 6.20 Å². The summed E-state index contributed by atoms with van der Waals surface area (Å²) >= 11 is 2.86. The quantitative estimate of drug-likeness (QED) is 0.787. The van der Waals surface area contributed by atoms with E-state index in [4.69, 9.17) is 10.7 Å². The molecule has 0 fully saturated rings. The molecule has 0 aliphatic rings. The van der Waals surface area contributed by atoms with E-state index in [-0.39, 0.29) is 14.9 Å². The monoisotopic (exact) mass is 319 g/mol. The van der Waals surface area contributed by atoms with E-state index >= 15 is 0 Å². The van der Waals surface area contributed by atoms with Crippen LogP contribution in [0.4, 0.5) is 8.78 Å². The Bertz CT molecular complexity index is 492. The molecule has 0 bridgehead atoms. The van der Waals surface area contributed by atoms with Crippen LogP contribution in [-0.4, -0.2) is 13.4 Å². The molecule has 0 saturated heterocycles. The fourth-order valence-corrected chi connectivity index (χ4v) is 2.71. The minimum atomic E-state index is -3.96. The molecule has 8 heteroatoms. The number of nitrogens with zero attached hydrogens (tertiary/aromatic N) is 1. The molecule has 0 unspecified atom stereocenters. The van der Waals surface area contributed by atoms with Gasteiger partial charge >= 0.3 is 0 Å². The van der Waals surface area contributed by atoms with Crippen molar-refractivity contribution in [3.8, 4) is 0 Å². The lowest BCUT2D eigenvalue weighted by atomic mass is 10.2. The molecule has 0 saturated carbocycles. The fraction of sp³-hybridized carbons (Fsp3) is 0.286. The fourth-order valence-electron chi connectivity index (χ4n) is 0.980. The number of hydrogen-bond donors (Lipinski definition) is 0. The van der Waals surface area contributed by atoms with E-state index in [1.807, 2.05) is 0 Å². The molecule has 1 aromatic heterocycles. The van der Waals surface area contributed by atoms with Gasteiger partial charge in [-0.05, 0) is 28.4 Å². The molecule has 15 heavy (non-hydrogen) atoms. The summed E-state index contributed by atoms with van der Waals surface area (Å²) < 4.78 is 46.7. The van der Waals surface area contributed by atoms with Crippen LogP contribution in [-0.2, 0) is 9.05 Å². The molecule has 0 aliphatic carbocycles. The van der Waals surface area contributed by atoms with Crippen molar-refractivity contribution in [1.29, 1.82) is 0 Å². The van der Waals surface area contributed by atoms with Crippen LogP contribution in [0.2, 0.25) is 0 Å². The zero-order valence-corrected chi connectivity index (χ0v) is 10.5. The van der Waals surface area contributed by atoms with Crippen molar-refractivity contribution in [2.45, 2.75) is 18.2 Å². The van der Waals surface area contributed by atoms with Gasteiger partial charge in [0, 0.05) is 21.4 Å². The van der Waals surface area contributed by atoms with Gasteiger partial charge in [-0.2, -0.15) is 0 Å². The van der Waals surface area contributed by atoms with Crippen LogP contribution in [0.5, 0.6) is 0 Å². The van der Waals surface area contributed by atoms with Crippen LogP contribution >= 0.6 is 26.6 Å². The van der Waals surface area contributed by atoms with E-state index in [0.29, 0.717) is 0 Å². The van der Waals surface area contributed by atoms with Gasteiger partial charge < -0.3 is 0 Å². The zero-order valence-electron chi connectivity index (χ0n) is 7.34. The van der Waals surface area contributed by atoms with Crippen LogP contribution in [0, 0.1) is 6.92 Å². The van der Waals surface area contributed by atoms with Crippen molar-refractivity contribution >= 4 is 35.7 Å². The maximum atomic E-state index is 12.4. The number of pyridine rings is 1. The third-order valence-corrected chi connectivity index (χ3v) is 4.15. The van der Waals surface area contributed by atoms with E-state index in [2.05, 4.69) is 20.9 Å². The van der Waals surface area contributed by atoms with Crippen LogP contribution < -0.4 is 0 Å². The maximum absolute atomic E-state index is 12.4. The van der Waals surface area contributed by atoms with Crippen molar-refractivity contribution in [1.82, 2.24) is 4.98 Å². The van der Waals surface area contributed by atoms with Gasteiger partial charge in [0.1, 0.15) is 10.6 Å². The highest BCUT2D eigenvalue weighted by Crippen LogP contribution is 2.32. The van der Waals surface area contributed by atoms with Gasteiger partial charge in [0.2, 0.25) is 0 Å². The third kappa shape index (κ3) is 2.64. The van der Waals surface area contributed by atoms with Crippen LogP contribution in [0.1, 0.15) is 17.7 Å². The number of aromatic nitrogens is 1. The Kier molecular flexibility index (Phi) is 3.67. The normalized spacial score (nSPS) is 12.1. The lowest BCUT2D eigenvalue weighted by Crippen LogP contribution is -2.01. The Balaban J connectivity index is 3.48. The summed E-state index contributed by atoms with van der Waals surface area (Å²) in [4.78, 5) is 3.07. The van der Waals surface area contributed by atoms with Crippen molar-refractivity contribution in [2.24, 2.45) is 0 Å². The van der Waals surface area contributed by atoms with Crippen LogP contribution in [0.15, 0.2) is 15.6 Å². The first-order valence-electron chi connectivity index (χ1n) is 3.63. The molecular weight excluding hydrogens is 316 g/mol.